The lowest BCUT2D eigenvalue weighted by atomic mass is 9.98. The Kier molecular flexibility index (Phi) is 4.54. The summed E-state index contributed by atoms with van der Waals surface area (Å²) in [6, 6.07) is -0.431. The zero-order chi connectivity index (χ0) is 11.3. The van der Waals surface area contributed by atoms with E-state index in [0.717, 1.165) is 32.1 Å². The summed E-state index contributed by atoms with van der Waals surface area (Å²) in [5.74, 6) is -0.118. The Hall–Kier alpha value is -0.610. The van der Waals surface area contributed by atoms with Gasteiger partial charge in [-0.15, -0.1) is 0 Å². The summed E-state index contributed by atoms with van der Waals surface area (Å²) in [5.41, 5.74) is 5.34. The van der Waals surface area contributed by atoms with E-state index in [1.54, 1.807) is 0 Å². The van der Waals surface area contributed by atoms with Crippen LogP contribution in [0.2, 0.25) is 0 Å². The third-order valence-corrected chi connectivity index (χ3v) is 3.19. The highest BCUT2D eigenvalue weighted by Gasteiger charge is 2.35. The van der Waals surface area contributed by atoms with Gasteiger partial charge in [0.2, 0.25) is 5.91 Å². The summed E-state index contributed by atoms with van der Waals surface area (Å²) in [6.45, 7) is 2.03. The van der Waals surface area contributed by atoms with Gasteiger partial charge in [0.05, 0.1) is 18.2 Å². The molecule has 0 aliphatic heterocycles. The molecule has 0 heterocycles. The first kappa shape index (κ1) is 12.5. The normalized spacial score (nSPS) is 21.3. The van der Waals surface area contributed by atoms with Crippen LogP contribution in [0.15, 0.2) is 0 Å². The van der Waals surface area contributed by atoms with Crippen LogP contribution in [0.4, 0.5) is 0 Å². The van der Waals surface area contributed by atoms with E-state index in [1.165, 1.54) is 0 Å². The van der Waals surface area contributed by atoms with Crippen LogP contribution in [0.1, 0.15) is 45.4 Å². The monoisotopic (exact) mass is 214 g/mol. The molecule has 4 nitrogen and oxygen atoms in total. The van der Waals surface area contributed by atoms with Gasteiger partial charge < -0.3 is 16.2 Å². The second-order valence-electron chi connectivity index (χ2n) is 4.53. The molecule has 1 atom stereocenters. The molecule has 0 aromatic heterocycles. The number of hydrogen-bond acceptors (Lipinski definition) is 3. The Labute approximate surface area is 91.2 Å². The molecule has 0 saturated heterocycles. The van der Waals surface area contributed by atoms with Gasteiger partial charge in [-0.1, -0.05) is 26.2 Å². The molecule has 0 spiro atoms. The number of amides is 1. The van der Waals surface area contributed by atoms with Crippen molar-refractivity contribution in [2.45, 2.75) is 57.0 Å². The van der Waals surface area contributed by atoms with Crippen molar-refractivity contribution in [3.8, 4) is 0 Å². The first-order valence-corrected chi connectivity index (χ1v) is 5.82. The molecule has 0 aromatic carbocycles. The minimum absolute atomic E-state index is 0.0254. The molecular formula is C11H22N2O2. The Morgan fingerprint density at radius 3 is 2.60 bits per heavy atom. The summed E-state index contributed by atoms with van der Waals surface area (Å²) < 4.78 is 0. The van der Waals surface area contributed by atoms with Crippen LogP contribution >= 0.6 is 0 Å². The summed E-state index contributed by atoms with van der Waals surface area (Å²) in [4.78, 5) is 11.7. The fraction of sp³-hybridized carbons (Fsp3) is 0.909. The number of nitrogens with two attached hydrogens (primary N) is 1. The minimum atomic E-state index is -0.431. The van der Waals surface area contributed by atoms with Crippen LogP contribution in [0.3, 0.4) is 0 Å². The lowest BCUT2D eigenvalue weighted by Crippen LogP contribution is -2.54. The van der Waals surface area contributed by atoms with Crippen molar-refractivity contribution in [2.75, 3.05) is 6.61 Å². The van der Waals surface area contributed by atoms with Crippen molar-refractivity contribution in [3.63, 3.8) is 0 Å². The summed E-state index contributed by atoms with van der Waals surface area (Å²) in [6.07, 6.45) is 5.49. The van der Waals surface area contributed by atoms with E-state index in [1.807, 2.05) is 6.92 Å². The number of nitrogens with one attached hydrogen (secondary N) is 1. The lowest BCUT2D eigenvalue weighted by Gasteiger charge is -2.29. The van der Waals surface area contributed by atoms with Crippen molar-refractivity contribution in [1.82, 2.24) is 5.32 Å². The van der Waals surface area contributed by atoms with Crippen molar-refractivity contribution in [2.24, 2.45) is 5.73 Å². The van der Waals surface area contributed by atoms with E-state index in [4.69, 9.17) is 5.73 Å². The van der Waals surface area contributed by atoms with E-state index < -0.39 is 6.04 Å². The molecule has 1 unspecified atom stereocenters. The molecule has 4 N–H and O–H groups in total. The quantitative estimate of drug-likeness (QED) is 0.625. The molecule has 1 rings (SSSR count). The first-order chi connectivity index (χ1) is 7.13. The molecule has 1 saturated carbocycles. The van der Waals surface area contributed by atoms with Gasteiger partial charge in [0.1, 0.15) is 0 Å². The van der Waals surface area contributed by atoms with E-state index >= 15 is 0 Å². The minimum Gasteiger partial charge on any atom is -0.394 e. The maximum absolute atomic E-state index is 11.7. The topological polar surface area (TPSA) is 75.4 Å². The molecule has 1 aliphatic carbocycles. The van der Waals surface area contributed by atoms with Gasteiger partial charge in [0, 0.05) is 0 Å². The molecule has 1 aliphatic rings. The van der Waals surface area contributed by atoms with E-state index in [0.29, 0.717) is 6.42 Å². The molecular weight excluding hydrogens is 192 g/mol. The third kappa shape index (κ3) is 3.18. The van der Waals surface area contributed by atoms with Crippen LogP contribution in [-0.4, -0.2) is 29.2 Å². The molecule has 0 aromatic rings. The first-order valence-electron chi connectivity index (χ1n) is 5.82. The lowest BCUT2D eigenvalue weighted by molar-refractivity contribution is -0.125. The Bertz CT molecular complexity index is 213. The van der Waals surface area contributed by atoms with Crippen molar-refractivity contribution in [1.29, 1.82) is 0 Å². The van der Waals surface area contributed by atoms with Gasteiger partial charge in [-0.2, -0.15) is 0 Å². The fourth-order valence-corrected chi connectivity index (χ4v) is 2.17. The SMILES string of the molecule is CCCC(N)C(=O)NC1(CO)CCCC1. The highest BCUT2D eigenvalue weighted by Crippen LogP contribution is 2.29. The number of carbonyl (C=O) groups excluding carboxylic acids is 1. The molecule has 0 radical (unpaired) electrons. The Balaban J connectivity index is 2.48. The average Bonchev–Trinajstić information content (AvgIpc) is 2.67. The van der Waals surface area contributed by atoms with Gasteiger partial charge in [0.25, 0.3) is 0 Å². The number of rotatable bonds is 5. The smallest absolute Gasteiger partial charge is 0.237 e. The van der Waals surface area contributed by atoms with Gasteiger partial charge in [-0.3, -0.25) is 4.79 Å². The van der Waals surface area contributed by atoms with Crippen LogP contribution in [0.5, 0.6) is 0 Å². The van der Waals surface area contributed by atoms with E-state index in [2.05, 4.69) is 5.32 Å². The maximum atomic E-state index is 11.7. The molecule has 15 heavy (non-hydrogen) atoms. The van der Waals surface area contributed by atoms with Crippen molar-refractivity contribution >= 4 is 5.91 Å². The molecule has 4 heteroatoms. The largest absolute Gasteiger partial charge is 0.394 e. The molecule has 0 bridgehead atoms. The zero-order valence-corrected chi connectivity index (χ0v) is 9.46. The standard InChI is InChI=1S/C11H22N2O2/c1-2-5-9(12)10(15)13-11(8-14)6-3-4-7-11/h9,14H,2-8,12H2,1H3,(H,13,15). The van der Waals surface area contributed by atoms with Crippen LogP contribution < -0.4 is 11.1 Å². The molecule has 1 fully saturated rings. The molecule has 88 valence electrons. The fourth-order valence-electron chi connectivity index (χ4n) is 2.17. The zero-order valence-electron chi connectivity index (χ0n) is 9.46. The van der Waals surface area contributed by atoms with Crippen molar-refractivity contribution in [3.05, 3.63) is 0 Å². The Morgan fingerprint density at radius 1 is 1.53 bits per heavy atom. The van der Waals surface area contributed by atoms with E-state index in [-0.39, 0.29) is 18.1 Å². The highest BCUT2D eigenvalue weighted by molar-refractivity contribution is 5.82. The maximum Gasteiger partial charge on any atom is 0.237 e. The molecule has 1 amide bonds. The number of hydrogen-bond donors (Lipinski definition) is 3. The van der Waals surface area contributed by atoms with E-state index in [9.17, 15) is 9.90 Å². The van der Waals surface area contributed by atoms with Crippen molar-refractivity contribution < 1.29 is 9.90 Å². The van der Waals surface area contributed by atoms with Crippen LogP contribution in [-0.2, 0) is 4.79 Å². The van der Waals surface area contributed by atoms with Crippen LogP contribution in [0.25, 0.3) is 0 Å². The van der Waals surface area contributed by atoms with Gasteiger partial charge >= 0.3 is 0 Å². The van der Waals surface area contributed by atoms with Gasteiger partial charge in [0.15, 0.2) is 0 Å². The summed E-state index contributed by atoms with van der Waals surface area (Å²) in [7, 11) is 0. The predicted octanol–water partition coefficient (Wildman–Crippen LogP) is 0.535. The third-order valence-electron chi connectivity index (χ3n) is 3.19. The van der Waals surface area contributed by atoms with Crippen LogP contribution in [0, 0.1) is 0 Å². The summed E-state index contributed by atoms with van der Waals surface area (Å²) >= 11 is 0. The number of carbonyl (C=O) groups is 1. The average molecular weight is 214 g/mol. The van der Waals surface area contributed by atoms with Gasteiger partial charge in [-0.25, -0.2) is 0 Å². The number of aliphatic hydroxyl groups is 1. The Morgan fingerprint density at radius 2 is 2.13 bits per heavy atom. The van der Waals surface area contributed by atoms with Gasteiger partial charge in [-0.05, 0) is 19.3 Å². The predicted molar refractivity (Wildman–Crippen MR) is 59.3 cm³/mol. The second-order valence-corrected chi connectivity index (χ2v) is 4.53. The number of aliphatic hydroxyl groups excluding tert-OH is 1. The highest BCUT2D eigenvalue weighted by atomic mass is 16.3. The second kappa shape index (κ2) is 5.47. The summed E-state index contributed by atoms with van der Waals surface area (Å²) in [5, 5.41) is 12.2.